The molecule has 0 aromatic rings. The zero-order chi connectivity index (χ0) is 73.7. The highest BCUT2D eigenvalue weighted by Crippen LogP contribution is 2.45. The number of phosphoric ester groups is 2. The third kappa shape index (κ3) is 71.7. The number of rotatable bonds is 79. The summed E-state index contributed by atoms with van der Waals surface area (Å²) in [5.74, 6) is 0.296. The van der Waals surface area contributed by atoms with Crippen LogP contribution in [-0.4, -0.2) is 96.7 Å². The van der Waals surface area contributed by atoms with E-state index in [1.54, 1.807) is 0 Å². The molecule has 19 heteroatoms. The Balaban J connectivity index is 5.22. The average Bonchev–Trinajstić information content (AvgIpc) is 0.939. The van der Waals surface area contributed by atoms with Crippen molar-refractivity contribution in [3.8, 4) is 0 Å². The maximum Gasteiger partial charge on any atom is 0.472 e. The predicted octanol–water partition coefficient (Wildman–Crippen LogP) is 24.1. The highest BCUT2D eigenvalue weighted by Gasteiger charge is 2.30. The number of aliphatic hydroxyl groups excluding tert-OH is 1. The van der Waals surface area contributed by atoms with Crippen molar-refractivity contribution in [2.24, 2.45) is 17.8 Å². The van der Waals surface area contributed by atoms with Crippen LogP contribution < -0.4 is 0 Å². The second-order valence-electron chi connectivity index (χ2n) is 30.1. The molecule has 0 saturated carbocycles. The van der Waals surface area contributed by atoms with Gasteiger partial charge in [0.1, 0.15) is 19.3 Å². The molecule has 0 spiro atoms. The molecule has 0 amide bonds. The number of phosphoric acid groups is 2. The van der Waals surface area contributed by atoms with Crippen molar-refractivity contribution in [3.63, 3.8) is 0 Å². The third-order valence-electron chi connectivity index (χ3n) is 19.6. The summed E-state index contributed by atoms with van der Waals surface area (Å²) in [6, 6.07) is 0. The SMILES string of the molecule is CCCCCCCCCCCCCCCC(=O)O[C@H](COC(=O)CCCCCCCCCCC(C)CC)COP(=O)(O)OC[C@H](O)COP(=O)(O)OC[C@@H](COC(=O)CCCCCCCCCCCCC(C)C)OC(=O)CCCCCCCCCCCCCCCCCCCCC(C)CC. The van der Waals surface area contributed by atoms with Crippen molar-refractivity contribution in [3.05, 3.63) is 0 Å². The van der Waals surface area contributed by atoms with E-state index in [-0.39, 0.29) is 25.7 Å². The van der Waals surface area contributed by atoms with Crippen molar-refractivity contribution in [2.75, 3.05) is 39.6 Å². The summed E-state index contributed by atoms with van der Waals surface area (Å²) < 4.78 is 68.7. The Labute approximate surface area is 613 Å². The van der Waals surface area contributed by atoms with Crippen molar-refractivity contribution < 1.29 is 80.2 Å². The van der Waals surface area contributed by atoms with Gasteiger partial charge in [0, 0.05) is 25.7 Å². The lowest BCUT2D eigenvalue weighted by atomic mass is 9.99. The number of hydrogen-bond acceptors (Lipinski definition) is 15. The molecular weight excluding hydrogens is 1310 g/mol. The summed E-state index contributed by atoms with van der Waals surface area (Å²) in [6.07, 6.45) is 59.5. The quantitative estimate of drug-likeness (QED) is 0.0222. The minimum atomic E-state index is -4.96. The largest absolute Gasteiger partial charge is 0.472 e. The molecule has 7 atom stereocenters. The summed E-state index contributed by atoms with van der Waals surface area (Å²) in [5, 5.41) is 10.6. The molecule has 0 aliphatic carbocycles. The van der Waals surface area contributed by atoms with Crippen molar-refractivity contribution in [1.29, 1.82) is 0 Å². The van der Waals surface area contributed by atoms with E-state index < -0.39 is 97.5 Å². The fraction of sp³-hybridized carbons (Fsp3) is 0.951. The number of hydrogen-bond donors (Lipinski definition) is 3. The van der Waals surface area contributed by atoms with E-state index >= 15 is 0 Å². The molecule has 17 nitrogen and oxygen atoms in total. The Morgan fingerprint density at radius 3 is 0.760 bits per heavy atom. The molecule has 0 rings (SSSR count). The first-order valence-corrected chi connectivity index (χ1v) is 44.9. The van der Waals surface area contributed by atoms with Crippen LogP contribution in [0.2, 0.25) is 0 Å². The molecule has 0 aliphatic heterocycles. The molecule has 0 aliphatic rings. The fourth-order valence-electron chi connectivity index (χ4n) is 12.4. The maximum atomic E-state index is 13.1. The summed E-state index contributed by atoms with van der Waals surface area (Å²) in [6.45, 7) is 12.0. The lowest BCUT2D eigenvalue weighted by Gasteiger charge is -2.21. The number of ether oxygens (including phenoxy) is 4. The van der Waals surface area contributed by atoms with Gasteiger partial charge < -0.3 is 33.8 Å². The second-order valence-corrected chi connectivity index (χ2v) is 33.0. The first-order valence-electron chi connectivity index (χ1n) is 41.9. The number of carbonyl (C=O) groups is 4. The van der Waals surface area contributed by atoms with E-state index in [0.717, 1.165) is 108 Å². The van der Waals surface area contributed by atoms with E-state index in [0.29, 0.717) is 25.7 Å². The molecule has 0 bridgehead atoms. The molecule has 594 valence electrons. The number of carbonyl (C=O) groups excluding carboxylic acids is 4. The average molecular weight is 1470 g/mol. The van der Waals surface area contributed by atoms with Gasteiger partial charge in [0.05, 0.1) is 26.4 Å². The van der Waals surface area contributed by atoms with Crippen molar-refractivity contribution >= 4 is 39.5 Å². The van der Waals surface area contributed by atoms with E-state index in [2.05, 4.69) is 48.5 Å². The molecule has 0 aromatic carbocycles. The zero-order valence-electron chi connectivity index (χ0n) is 65.7. The van der Waals surface area contributed by atoms with E-state index in [1.165, 1.54) is 231 Å². The molecule has 3 N–H and O–H groups in total. The molecule has 4 unspecified atom stereocenters. The smallest absolute Gasteiger partial charge is 0.462 e. The Morgan fingerprint density at radius 1 is 0.290 bits per heavy atom. The van der Waals surface area contributed by atoms with Crippen LogP contribution in [-0.2, 0) is 65.4 Å². The van der Waals surface area contributed by atoms with E-state index in [4.69, 9.17) is 37.0 Å². The molecule has 0 aromatic heterocycles. The zero-order valence-corrected chi connectivity index (χ0v) is 67.5. The van der Waals surface area contributed by atoms with Crippen LogP contribution in [0.3, 0.4) is 0 Å². The van der Waals surface area contributed by atoms with Crippen LogP contribution >= 0.6 is 15.6 Å². The first-order chi connectivity index (χ1) is 48.3. The third-order valence-corrected chi connectivity index (χ3v) is 21.5. The van der Waals surface area contributed by atoms with Gasteiger partial charge in [-0.2, -0.15) is 0 Å². The Bertz CT molecular complexity index is 1940. The lowest BCUT2D eigenvalue weighted by Crippen LogP contribution is -2.30. The van der Waals surface area contributed by atoms with Crippen LogP contribution in [0, 0.1) is 17.8 Å². The standard InChI is InChI=1S/C81H158O17P2/c1-8-11-12-13-14-15-16-23-27-34-43-50-57-64-80(85)98-77(69-92-79(84)63-56-49-42-37-36-40-47-54-61-74(7)10-3)71-96-100(89,90)94-67-75(82)66-93-99(87,88)95-70-76(68-91-78(83)62-55-48-41-33-30-29-31-38-45-52-59-72(4)5)97-81(86)65-58-51-44-35-28-25-22-20-18-17-19-21-24-26-32-39-46-53-60-73(6)9-2/h72-77,82H,8-71H2,1-7H3,(H,87,88)(H,89,90)/t73?,74?,75-,76-,77-/m1/s1. The van der Waals surface area contributed by atoms with Crippen molar-refractivity contribution in [1.82, 2.24) is 0 Å². The maximum absolute atomic E-state index is 13.1. The minimum Gasteiger partial charge on any atom is -0.462 e. The minimum absolute atomic E-state index is 0.107. The van der Waals surface area contributed by atoms with Crippen LogP contribution in [0.4, 0.5) is 0 Å². The monoisotopic (exact) mass is 1470 g/mol. The van der Waals surface area contributed by atoms with Gasteiger partial charge in [-0.25, -0.2) is 9.13 Å². The summed E-state index contributed by atoms with van der Waals surface area (Å²) >= 11 is 0. The van der Waals surface area contributed by atoms with Gasteiger partial charge in [-0.1, -0.05) is 370 Å². The number of unbranched alkanes of at least 4 members (excludes halogenated alkanes) is 45. The van der Waals surface area contributed by atoms with Crippen LogP contribution in [0.5, 0.6) is 0 Å². The highest BCUT2D eigenvalue weighted by atomic mass is 31.2. The number of aliphatic hydroxyl groups is 1. The molecule has 0 heterocycles. The van der Waals surface area contributed by atoms with Gasteiger partial charge >= 0.3 is 39.5 Å². The van der Waals surface area contributed by atoms with Crippen molar-refractivity contribution in [2.45, 2.75) is 439 Å². The van der Waals surface area contributed by atoms with Gasteiger partial charge in [0.15, 0.2) is 12.2 Å². The van der Waals surface area contributed by atoms with Crippen LogP contribution in [0.15, 0.2) is 0 Å². The van der Waals surface area contributed by atoms with E-state index in [9.17, 15) is 43.2 Å². The molecule has 0 radical (unpaired) electrons. The van der Waals surface area contributed by atoms with Gasteiger partial charge in [0.2, 0.25) is 0 Å². The van der Waals surface area contributed by atoms with Gasteiger partial charge in [-0.05, 0) is 43.4 Å². The van der Waals surface area contributed by atoms with Gasteiger partial charge in [-0.15, -0.1) is 0 Å². The molecule has 0 fully saturated rings. The normalized spacial score (nSPS) is 14.5. The van der Waals surface area contributed by atoms with Crippen LogP contribution in [0.25, 0.3) is 0 Å². The highest BCUT2D eigenvalue weighted by molar-refractivity contribution is 7.47. The second kappa shape index (κ2) is 71.3. The fourth-order valence-corrected chi connectivity index (χ4v) is 14.0. The summed E-state index contributed by atoms with van der Waals surface area (Å²) in [5.41, 5.74) is 0. The first kappa shape index (κ1) is 98.1. The van der Waals surface area contributed by atoms with E-state index in [1.807, 2.05) is 0 Å². The summed E-state index contributed by atoms with van der Waals surface area (Å²) in [4.78, 5) is 73.0. The Hall–Kier alpha value is -1.94. The molecular formula is C81H158O17P2. The Kier molecular flexibility index (Phi) is 69.9. The topological polar surface area (TPSA) is 237 Å². The van der Waals surface area contributed by atoms with Gasteiger partial charge in [-0.3, -0.25) is 37.3 Å². The molecule has 0 saturated heterocycles. The summed E-state index contributed by atoms with van der Waals surface area (Å²) in [7, 11) is -9.92. The predicted molar refractivity (Wildman–Crippen MR) is 409 cm³/mol. The van der Waals surface area contributed by atoms with Crippen LogP contribution in [0.1, 0.15) is 421 Å². The Morgan fingerprint density at radius 2 is 0.510 bits per heavy atom. The van der Waals surface area contributed by atoms with Gasteiger partial charge in [0.25, 0.3) is 0 Å². The lowest BCUT2D eigenvalue weighted by molar-refractivity contribution is -0.161. The molecule has 100 heavy (non-hydrogen) atoms. The number of esters is 4.